The van der Waals surface area contributed by atoms with Crippen molar-refractivity contribution in [1.29, 1.82) is 0 Å². The average molecular weight is 322 g/mol. The highest BCUT2D eigenvalue weighted by Gasteiger charge is 2.46. The number of rotatable bonds is 3. The number of fused-ring (bicyclic) bond motifs is 3. The molecule has 3 heterocycles. The van der Waals surface area contributed by atoms with E-state index in [1.54, 1.807) is 12.1 Å². The third-order valence-electron chi connectivity index (χ3n) is 5.41. The molecule has 2 aromatic rings. The summed E-state index contributed by atoms with van der Waals surface area (Å²) >= 11 is 0. The standard InChI is InChI=1S/C20H22N2O2/c23-19(15-4-2-1-3-5-15)21-18-8-6-16(7-9-18)20(24)14-22-12-10-17(20)11-13-22/h1-9,17,24H,10-14H2,(H,21,23). The molecule has 1 atom stereocenters. The number of carbonyl (C=O) groups excluding carboxylic acids is 1. The second-order valence-electron chi connectivity index (χ2n) is 6.87. The molecule has 0 spiro atoms. The van der Waals surface area contributed by atoms with Gasteiger partial charge in [0.1, 0.15) is 5.60 Å². The molecule has 0 saturated carbocycles. The summed E-state index contributed by atoms with van der Waals surface area (Å²) in [6, 6.07) is 16.8. The molecular formula is C20H22N2O2. The average Bonchev–Trinajstić information content (AvgIpc) is 2.64. The first kappa shape index (κ1) is 15.4. The van der Waals surface area contributed by atoms with Crippen LogP contribution in [0.2, 0.25) is 0 Å². The van der Waals surface area contributed by atoms with Crippen molar-refractivity contribution in [1.82, 2.24) is 4.90 Å². The first-order valence-corrected chi connectivity index (χ1v) is 8.57. The Bertz CT molecular complexity index is 721. The van der Waals surface area contributed by atoms with E-state index in [9.17, 15) is 9.90 Å². The van der Waals surface area contributed by atoms with Crippen molar-refractivity contribution < 1.29 is 9.90 Å². The normalized spacial score (nSPS) is 28.5. The van der Waals surface area contributed by atoms with Gasteiger partial charge in [-0.1, -0.05) is 30.3 Å². The molecule has 4 heteroatoms. The maximum absolute atomic E-state index is 12.2. The van der Waals surface area contributed by atoms with Gasteiger partial charge in [0, 0.05) is 17.8 Å². The van der Waals surface area contributed by atoms with Crippen molar-refractivity contribution in [3.63, 3.8) is 0 Å². The monoisotopic (exact) mass is 322 g/mol. The van der Waals surface area contributed by atoms with Gasteiger partial charge in [-0.2, -0.15) is 0 Å². The molecule has 124 valence electrons. The van der Waals surface area contributed by atoms with Crippen molar-refractivity contribution >= 4 is 11.6 Å². The third-order valence-corrected chi connectivity index (χ3v) is 5.41. The zero-order valence-electron chi connectivity index (χ0n) is 13.6. The van der Waals surface area contributed by atoms with E-state index in [0.717, 1.165) is 37.2 Å². The molecule has 3 aliphatic rings. The Morgan fingerprint density at radius 1 is 1.04 bits per heavy atom. The van der Waals surface area contributed by atoms with Crippen LogP contribution in [0.1, 0.15) is 28.8 Å². The van der Waals surface area contributed by atoms with Crippen LogP contribution >= 0.6 is 0 Å². The fraction of sp³-hybridized carbons (Fsp3) is 0.350. The zero-order valence-corrected chi connectivity index (χ0v) is 13.6. The van der Waals surface area contributed by atoms with E-state index in [1.807, 2.05) is 42.5 Å². The van der Waals surface area contributed by atoms with Crippen LogP contribution in [0.5, 0.6) is 0 Å². The van der Waals surface area contributed by atoms with Crippen molar-refractivity contribution in [3.05, 3.63) is 65.7 Å². The lowest BCUT2D eigenvalue weighted by Gasteiger charge is -2.50. The summed E-state index contributed by atoms with van der Waals surface area (Å²) in [6.45, 7) is 2.91. The molecule has 2 bridgehead atoms. The summed E-state index contributed by atoms with van der Waals surface area (Å²) in [5, 5.41) is 14.1. The Morgan fingerprint density at radius 2 is 1.71 bits per heavy atom. The van der Waals surface area contributed by atoms with Crippen LogP contribution in [-0.2, 0) is 5.60 Å². The van der Waals surface area contributed by atoms with Crippen LogP contribution in [0.15, 0.2) is 54.6 Å². The fourth-order valence-corrected chi connectivity index (χ4v) is 4.00. The number of carbonyl (C=O) groups is 1. The highest BCUT2D eigenvalue weighted by Crippen LogP contribution is 2.42. The van der Waals surface area contributed by atoms with E-state index in [2.05, 4.69) is 10.2 Å². The van der Waals surface area contributed by atoms with Crippen molar-refractivity contribution in [2.45, 2.75) is 18.4 Å². The molecule has 24 heavy (non-hydrogen) atoms. The van der Waals surface area contributed by atoms with Gasteiger partial charge in [0.05, 0.1) is 0 Å². The maximum Gasteiger partial charge on any atom is 0.255 e. The Kier molecular flexibility index (Phi) is 3.87. The lowest BCUT2D eigenvalue weighted by Crippen LogP contribution is -2.57. The molecule has 1 unspecified atom stereocenters. The lowest BCUT2D eigenvalue weighted by molar-refractivity contribution is -0.117. The molecule has 2 N–H and O–H groups in total. The van der Waals surface area contributed by atoms with Gasteiger partial charge in [-0.25, -0.2) is 0 Å². The van der Waals surface area contributed by atoms with Crippen LogP contribution in [0, 0.1) is 5.92 Å². The van der Waals surface area contributed by atoms with E-state index in [-0.39, 0.29) is 5.91 Å². The molecular weight excluding hydrogens is 300 g/mol. The van der Waals surface area contributed by atoms with Gasteiger partial charge in [0.25, 0.3) is 5.91 Å². The highest BCUT2D eigenvalue weighted by molar-refractivity contribution is 6.04. The summed E-state index contributed by atoms with van der Waals surface area (Å²) in [7, 11) is 0. The molecule has 0 aliphatic carbocycles. The third kappa shape index (κ3) is 2.72. The van der Waals surface area contributed by atoms with Gasteiger partial charge in [0.2, 0.25) is 0 Å². The van der Waals surface area contributed by atoms with Gasteiger partial charge in [0.15, 0.2) is 0 Å². The molecule has 2 aromatic carbocycles. The number of benzene rings is 2. The number of aliphatic hydroxyl groups is 1. The van der Waals surface area contributed by atoms with E-state index in [4.69, 9.17) is 0 Å². The molecule has 3 aliphatic heterocycles. The number of hydrogen-bond donors (Lipinski definition) is 2. The molecule has 3 fully saturated rings. The van der Waals surface area contributed by atoms with Crippen molar-refractivity contribution in [2.24, 2.45) is 5.92 Å². The highest BCUT2D eigenvalue weighted by atomic mass is 16.3. The fourth-order valence-electron chi connectivity index (χ4n) is 4.00. The van der Waals surface area contributed by atoms with Crippen molar-refractivity contribution in [3.8, 4) is 0 Å². The summed E-state index contributed by atoms with van der Waals surface area (Å²) in [4.78, 5) is 14.5. The van der Waals surface area contributed by atoms with Gasteiger partial charge >= 0.3 is 0 Å². The lowest BCUT2D eigenvalue weighted by atomic mass is 9.72. The largest absolute Gasteiger partial charge is 0.384 e. The number of nitrogens with zero attached hydrogens (tertiary/aromatic N) is 1. The first-order valence-electron chi connectivity index (χ1n) is 8.57. The summed E-state index contributed by atoms with van der Waals surface area (Å²) in [6.07, 6.45) is 2.12. The number of anilines is 1. The topological polar surface area (TPSA) is 52.6 Å². The molecule has 1 amide bonds. The van der Waals surface area contributed by atoms with Gasteiger partial charge < -0.3 is 15.3 Å². The predicted molar refractivity (Wildman–Crippen MR) is 93.9 cm³/mol. The summed E-state index contributed by atoms with van der Waals surface area (Å²) in [5.74, 6) is 0.220. The molecule has 0 aromatic heterocycles. The number of piperidine rings is 3. The minimum absolute atomic E-state index is 0.120. The van der Waals surface area contributed by atoms with Crippen molar-refractivity contribution in [2.75, 3.05) is 25.0 Å². The minimum atomic E-state index is -0.752. The van der Waals surface area contributed by atoms with E-state index in [1.165, 1.54) is 0 Å². The summed E-state index contributed by atoms with van der Waals surface area (Å²) < 4.78 is 0. The first-order chi connectivity index (χ1) is 11.6. The van der Waals surface area contributed by atoms with E-state index in [0.29, 0.717) is 18.0 Å². The van der Waals surface area contributed by atoms with Gasteiger partial charge in [-0.15, -0.1) is 0 Å². The van der Waals surface area contributed by atoms with Gasteiger partial charge in [-0.05, 0) is 61.7 Å². The van der Waals surface area contributed by atoms with Crippen LogP contribution in [0.3, 0.4) is 0 Å². The molecule has 5 rings (SSSR count). The molecule has 4 nitrogen and oxygen atoms in total. The number of amides is 1. The second-order valence-corrected chi connectivity index (χ2v) is 6.87. The summed E-state index contributed by atoms with van der Waals surface area (Å²) in [5.41, 5.74) is 1.59. The quantitative estimate of drug-likeness (QED) is 0.913. The minimum Gasteiger partial charge on any atom is -0.384 e. The predicted octanol–water partition coefficient (Wildman–Crippen LogP) is 2.85. The zero-order chi connectivity index (χ0) is 16.6. The Hall–Kier alpha value is -2.17. The Morgan fingerprint density at radius 3 is 2.29 bits per heavy atom. The maximum atomic E-state index is 12.2. The van der Waals surface area contributed by atoms with E-state index >= 15 is 0 Å². The SMILES string of the molecule is O=C(Nc1ccc(C2(O)CN3CCC2CC3)cc1)c1ccccc1. The number of hydrogen-bond acceptors (Lipinski definition) is 3. The number of nitrogens with one attached hydrogen (secondary N) is 1. The van der Waals surface area contributed by atoms with Gasteiger partial charge in [-0.3, -0.25) is 4.79 Å². The van der Waals surface area contributed by atoms with E-state index < -0.39 is 5.60 Å². The molecule has 3 saturated heterocycles. The van der Waals surface area contributed by atoms with Crippen LogP contribution in [-0.4, -0.2) is 35.5 Å². The molecule has 0 radical (unpaired) electrons. The smallest absolute Gasteiger partial charge is 0.255 e. The Labute approximate surface area is 142 Å². The van der Waals surface area contributed by atoms with Crippen LogP contribution in [0.4, 0.5) is 5.69 Å². The second kappa shape index (κ2) is 6.04. The van der Waals surface area contributed by atoms with Crippen LogP contribution < -0.4 is 5.32 Å². The Balaban J connectivity index is 1.50. The van der Waals surface area contributed by atoms with Crippen LogP contribution in [0.25, 0.3) is 0 Å².